The Hall–Kier alpha value is -2.00. The summed E-state index contributed by atoms with van der Waals surface area (Å²) in [5, 5.41) is 9.29. The first-order valence-electron chi connectivity index (χ1n) is 11.2. The third-order valence-electron chi connectivity index (χ3n) is 6.85. The van der Waals surface area contributed by atoms with Gasteiger partial charge in [0, 0.05) is 12.5 Å². The first-order chi connectivity index (χ1) is 14.6. The van der Waals surface area contributed by atoms with Crippen LogP contribution >= 0.6 is 0 Å². The van der Waals surface area contributed by atoms with Gasteiger partial charge in [-0.1, -0.05) is 49.5 Å². The highest BCUT2D eigenvalue weighted by molar-refractivity contribution is 5.67. The summed E-state index contributed by atoms with van der Waals surface area (Å²) in [4.78, 5) is 13.7. The van der Waals surface area contributed by atoms with Crippen molar-refractivity contribution in [3.8, 4) is 11.8 Å². The van der Waals surface area contributed by atoms with Gasteiger partial charge in [0.25, 0.3) is 0 Å². The van der Waals surface area contributed by atoms with Crippen LogP contribution in [0.5, 0.6) is 0 Å². The van der Waals surface area contributed by atoms with Gasteiger partial charge in [0.2, 0.25) is 0 Å². The third kappa shape index (κ3) is 6.26. The van der Waals surface area contributed by atoms with Crippen molar-refractivity contribution in [3.63, 3.8) is 0 Å². The fraction of sp³-hybridized carbons (Fsp3) is 0.640. The molecule has 170 valence electrons. The van der Waals surface area contributed by atoms with Crippen LogP contribution < -0.4 is 0 Å². The number of halogens is 3. The number of carboxylic acids is 1. The van der Waals surface area contributed by atoms with Crippen molar-refractivity contribution >= 4 is 5.97 Å². The Morgan fingerprint density at radius 3 is 2.58 bits per heavy atom. The van der Waals surface area contributed by atoms with Crippen molar-refractivity contribution in [2.75, 3.05) is 6.54 Å². The van der Waals surface area contributed by atoms with Crippen molar-refractivity contribution in [2.45, 2.75) is 76.6 Å². The average molecular weight is 436 g/mol. The van der Waals surface area contributed by atoms with Crippen LogP contribution in [0.25, 0.3) is 0 Å². The summed E-state index contributed by atoms with van der Waals surface area (Å²) in [7, 11) is 0. The van der Waals surface area contributed by atoms with Gasteiger partial charge in [0.05, 0.1) is 11.6 Å². The zero-order chi connectivity index (χ0) is 22.6. The topological polar surface area (TPSA) is 40.5 Å². The van der Waals surface area contributed by atoms with Crippen LogP contribution in [0.1, 0.15) is 58.3 Å². The summed E-state index contributed by atoms with van der Waals surface area (Å²) in [6, 6.07) is 0.0294. The van der Waals surface area contributed by atoms with Crippen LogP contribution in [0.15, 0.2) is 36.0 Å². The number of carboxylic acid groups (broad SMARTS) is 1. The minimum atomic E-state index is -4.33. The van der Waals surface area contributed by atoms with Crippen molar-refractivity contribution in [1.82, 2.24) is 4.90 Å². The maximum atomic E-state index is 13.1. The Kier molecular flexibility index (Phi) is 7.69. The number of likely N-dealkylation sites (tertiary alicyclic amines) is 1. The van der Waals surface area contributed by atoms with Crippen molar-refractivity contribution in [2.24, 2.45) is 17.8 Å². The maximum Gasteiger partial charge on any atom is 0.416 e. The van der Waals surface area contributed by atoms with Gasteiger partial charge >= 0.3 is 12.1 Å². The highest BCUT2D eigenvalue weighted by Gasteiger charge is 2.41. The first-order valence-corrected chi connectivity index (χ1v) is 11.2. The molecule has 1 heterocycles. The predicted octanol–water partition coefficient (Wildman–Crippen LogP) is 5.74. The number of hydrogen-bond acceptors (Lipinski definition) is 2. The van der Waals surface area contributed by atoms with E-state index in [-0.39, 0.29) is 30.3 Å². The lowest BCUT2D eigenvalue weighted by molar-refractivity contribution is -0.138. The zero-order valence-corrected chi connectivity index (χ0v) is 18.1. The molecule has 0 aromatic carbocycles. The van der Waals surface area contributed by atoms with E-state index in [1.807, 2.05) is 6.92 Å². The molecular formula is C25H32F3NO2. The molecule has 1 saturated heterocycles. The number of hydrogen-bond donors (Lipinski definition) is 1. The smallest absolute Gasteiger partial charge is 0.416 e. The van der Waals surface area contributed by atoms with Gasteiger partial charge in [0.1, 0.15) is 0 Å². The van der Waals surface area contributed by atoms with Gasteiger partial charge in [-0.2, -0.15) is 13.2 Å². The average Bonchev–Trinajstić information content (AvgIpc) is 3.22. The molecule has 3 nitrogen and oxygen atoms in total. The predicted molar refractivity (Wildman–Crippen MR) is 115 cm³/mol. The molecule has 6 heteroatoms. The van der Waals surface area contributed by atoms with E-state index in [0.29, 0.717) is 18.8 Å². The number of alkyl halides is 3. The van der Waals surface area contributed by atoms with E-state index in [9.17, 15) is 23.1 Å². The molecule has 1 aliphatic heterocycles. The molecule has 0 bridgehead atoms. The lowest BCUT2D eigenvalue weighted by Crippen LogP contribution is -2.53. The standard InChI is InChI=1S/C25H32F3NO2/c1-17(2)7-12-22(19-5-3-4-6-19)29-14-13-18(16-24(30)31)15-23(29)20-8-10-21(11-9-20)25(26,27)28/h8,10-11,18-20,22-23H,1,3-6,9,13-16H2,2H3,(H,30,31)/t18-,20?,22-,23+/m0/s1. The first kappa shape index (κ1) is 23.7. The van der Waals surface area contributed by atoms with Gasteiger partial charge in [-0.25, -0.2) is 0 Å². The lowest BCUT2D eigenvalue weighted by Gasteiger charge is -2.47. The molecule has 0 radical (unpaired) electrons. The molecule has 1 unspecified atom stereocenters. The van der Waals surface area contributed by atoms with Crippen LogP contribution in [0, 0.1) is 29.6 Å². The van der Waals surface area contributed by atoms with Gasteiger partial charge in [-0.05, 0) is 68.9 Å². The molecule has 3 rings (SSSR count). The molecule has 4 atom stereocenters. The maximum absolute atomic E-state index is 13.1. The molecule has 31 heavy (non-hydrogen) atoms. The minimum Gasteiger partial charge on any atom is -0.481 e. The van der Waals surface area contributed by atoms with Crippen LogP contribution in [-0.2, 0) is 4.79 Å². The van der Waals surface area contributed by atoms with Gasteiger partial charge in [-0.3, -0.25) is 9.69 Å². The van der Waals surface area contributed by atoms with E-state index in [2.05, 4.69) is 23.3 Å². The normalized spacial score (nSPS) is 28.5. The van der Waals surface area contributed by atoms with E-state index in [4.69, 9.17) is 0 Å². The summed E-state index contributed by atoms with van der Waals surface area (Å²) in [5.74, 6) is 6.18. The summed E-state index contributed by atoms with van der Waals surface area (Å²) >= 11 is 0. The summed E-state index contributed by atoms with van der Waals surface area (Å²) in [5.41, 5.74) is 0.207. The van der Waals surface area contributed by atoms with Crippen LogP contribution in [0.3, 0.4) is 0 Å². The quantitative estimate of drug-likeness (QED) is 0.560. The molecule has 1 saturated carbocycles. The fourth-order valence-corrected chi connectivity index (χ4v) is 5.36. The lowest BCUT2D eigenvalue weighted by atomic mass is 9.77. The number of piperidine rings is 1. The second kappa shape index (κ2) is 10.1. The molecule has 2 aliphatic carbocycles. The molecule has 0 spiro atoms. The van der Waals surface area contributed by atoms with Crippen molar-refractivity contribution < 1.29 is 23.1 Å². The second-order valence-corrected chi connectivity index (χ2v) is 9.25. The summed E-state index contributed by atoms with van der Waals surface area (Å²) < 4.78 is 39.2. The van der Waals surface area contributed by atoms with Crippen LogP contribution in [0.4, 0.5) is 13.2 Å². The molecule has 0 aromatic heterocycles. The molecule has 1 N–H and O–H groups in total. The Balaban J connectivity index is 1.86. The monoisotopic (exact) mass is 435 g/mol. The fourth-order valence-electron chi connectivity index (χ4n) is 5.36. The third-order valence-corrected chi connectivity index (χ3v) is 6.85. The van der Waals surface area contributed by atoms with Crippen LogP contribution in [0.2, 0.25) is 0 Å². The number of carbonyl (C=O) groups is 1. The SMILES string of the molecule is C=C(C)C#C[C@@H](C1CCCC1)N1CC[C@H](CC(=O)O)C[C@@H]1C1C=CC(C(F)(F)F)=CC1. The molecular weight excluding hydrogens is 403 g/mol. The Morgan fingerprint density at radius 2 is 2.03 bits per heavy atom. The Labute approximate surface area is 183 Å². The van der Waals surface area contributed by atoms with Crippen molar-refractivity contribution in [1.29, 1.82) is 0 Å². The highest BCUT2D eigenvalue weighted by atomic mass is 19.4. The Morgan fingerprint density at radius 1 is 1.32 bits per heavy atom. The zero-order valence-electron chi connectivity index (χ0n) is 18.1. The minimum absolute atomic E-state index is 0.00888. The number of nitrogens with zero attached hydrogens (tertiary/aromatic N) is 1. The number of allylic oxidation sites excluding steroid dienone is 4. The van der Waals surface area contributed by atoms with Gasteiger partial charge < -0.3 is 5.11 Å². The molecule has 2 fully saturated rings. The van der Waals surface area contributed by atoms with E-state index in [1.165, 1.54) is 25.0 Å². The molecule has 3 aliphatic rings. The largest absolute Gasteiger partial charge is 0.481 e. The number of rotatable bonds is 5. The summed E-state index contributed by atoms with van der Waals surface area (Å²) in [6.07, 6.45) is 6.27. The molecule has 0 amide bonds. The number of aliphatic carboxylic acids is 1. The highest BCUT2D eigenvalue weighted by Crippen LogP contribution is 2.40. The van der Waals surface area contributed by atoms with Crippen molar-refractivity contribution in [3.05, 3.63) is 36.0 Å². The van der Waals surface area contributed by atoms with E-state index < -0.39 is 17.7 Å². The Bertz CT molecular complexity index is 796. The molecule has 0 aromatic rings. The second-order valence-electron chi connectivity index (χ2n) is 9.25. The van der Waals surface area contributed by atoms with Crippen LogP contribution in [-0.4, -0.2) is 40.8 Å². The van der Waals surface area contributed by atoms with Gasteiger partial charge in [0.15, 0.2) is 0 Å². The van der Waals surface area contributed by atoms with E-state index in [1.54, 1.807) is 6.08 Å². The van der Waals surface area contributed by atoms with E-state index >= 15 is 0 Å². The van der Waals surface area contributed by atoms with Gasteiger partial charge in [-0.15, -0.1) is 0 Å². The summed E-state index contributed by atoms with van der Waals surface area (Å²) in [6.45, 7) is 6.51. The van der Waals surface area contributed by atoms with E-state index in [0.717, 1.165) is 31.4 Å².